The average molecular weight is 648 g/mol. The van der Waals surface area contributed by atoms with E-state index in [1.807, 2.05) is 60.7 Å². The summed E-state index contributed by atoms with van der Waals surface area (Å²) >= 11 is 0. The summed E-state index contributed by atoms with van der Waals surface area (Å²) in [6.45, 7) is 0. The number of rotatable bonds is 4. The van der Waals surface area contributed by atoms with Crippen molar-refractivity contribution < 1.29 is 0 Å². The van der Waals surface area contributed by atoms with Gasteiger partial charge in [-0.25, -0.2) is 15.0 Å². The number of hydrogen-bond donors (Lipinski definition) is 0. The fourth-order valence-corrected chi connectivity index (χ4v) is 8.75. The molecule has 0 radical (unpaired) electrons. The van der Waals surface area contributed by atoms with Crippen LogP contribution in [-0.2, 0) is 5.41 Å². The number of nitrogens with zero attached hydrogens (tertiary/aromatic N) is 3. The molecule has 236 valence electrons. The van der Waals surface area contributed by atoms with Gasteiger partial charge in [-0.05, 0) is 78.2 Å². The van der Waals surface area contributed by atoms with E-state index < -0.39 is 0 Å². The lowest BCUT2D eigenvalue weighted by Gasteiger charge is -2.30. The van der Waals surface area contributed by atoms with Gasteiger partial charge in [0.2, 0.25) is 0 Å². The molecule has 0 aliphatic heterocycles. The van der Waals surface area contributed by atoms with E-state index >= 15 is 0 Å². The molecule has 0 unspecified atom stereocenters. The third kappa shape index (κ3) is 3.97. The minimum atomic E-state index is -0.360. The maximum Gasteiger partial charge on any atom is 0.164 e. The van der Waals surface area contributed by atoms with Crippen LogP contribution in [0.25, 0.3) is 78.0 Å². The zero-order valence-electron chi connectivity index (χ0n) is 27.6. The van der Waals surface area contributed by atoms with E-state index in [1.165, 1.54) is 54.9 Å². The predicted octanol–water partition coefficient (Wildman–Crippen LogP) is 11.5. The summed E-state index contributed by atoms with van der Waals surface area (Å²) < 4.78 is 0. The van der Waals surface area contributed by atoms with Crippen LogP contribution in [0.4, 0.5) is 0 Å². The van der Waals surface area contributed by atoms with Gasteiger partial charge in [-0.1, -0.05) is 164 Å². The molecule has 0 bridgehead atoms. The number of aromatic nitrogens is 3. The van der Waals surface area contributed by atoms with Gasteiger partial charge in [-0.15, -0.1) is 0 Å². The van der Waals surface area contributed by atoms with Crippen molar-refractivity contribution in [3.63, 3.8) is 0 Å². The van der Waals surface area contributed by atoms with Gasteiger partial charge < -0.3 is 0 Å². The van der Waals surface area contributed by atoms with Gasteiger partial charge in [0, 0.05) is 16.7 Å². The molecule has 0 saturated carbocycles. The first kappa shape index (κ1) is 28.2. The molecule has 8 aromatic carbocycles. The lowest BCUT2D eigenvalue weighted by atomic mass is 9.70. The van der Waals surface area contributed by atoms with Crippen LogP contribution >= 0.6 is 0 Å². The van der Waals surface area contributed by atoms with Crippen LogP contribution in [0.2, 0.25) is 0 Å². The largest absolute Gasteiger partial charge is 0.208 e. The summed E-state index contributed by atoms with van der Waals surface area (Å²) in [4.78, 5) is 14.9. The Morgan fingerprint density at radius 1 is 0.294 bits per heavy atom. The molecule has 2 aliphatic rings. The van der Waals surface area contributed by atoms with Gasteiger partial charge in [-0.3, -0.25) is 0 Å². The zero-order valence-corrected chi connectivity index (χ0v) is 27.6. The number of fused-ring (bicyclic) bond motifs is 7. The molecule has 51 heavy (non-hydrogen) atoms. The molecule has 0 amide bonds. The van der Waals surface area contributed by atoms with Gasteiger partial charge in [0.25, 0.3) is 0 Å². The summed E-state index contributed by atoms with van der Waals surface area (Å²) in [7, 11) is 0. The van der Waals surface area contributed by atoms with Crippen molar-refractivity contribution in [3.8, 4) is 56.4 Å². The Bertz CT molecular complexity index is 2740. The molecule has 11 rings (SSSR count). The summed E-state index contributed by atoms with van der Waals surface area (Å²) in [6, 6.07) is 63.2. The van der Waals surface area contributed by atoms with E-state index in [9.17, 15) is 0 Å². The average Bonchev–Trinajstić information content (AvgIpc) is 3.68. The molecule has 9 aromatic rings. The first-order valence-corrected chi connectivity index (χ1v) is 17.4. The van der Waals surface area contributed by atoms with Crippen molar-refractivity contribution in [2.24, 2.45) is 0 Å². The van der Waals surface area contributed by atoms with E-state index in [2.05, 4.69) is 115 Å². The molecule has 0 atom stereocenters. The second kappa shape index (κ2) is 10.6. The maximum absolute atomic E-state index is 5.00. The Kier molecular flexibility index (Phi) is 5.88. The Morgan fingerprint density at radius 3 is 1.41 bits per heavy atom. The van der Waals surface area contributed by atoms with Crippen LogP contribution in [0.5, 0.6) is 0 Å². The molecule has 3 nitrogen and oxygen atoms in total. The van der Waals surface area contributed by atoms with E-state index in [-0.39, 0.29) is 5.41 Å². The normalized spacial score (nSPS) is 13.3. The van der Waals surface area contributed by atoms with Crippen molar-refractivity contribution in [1.29, 1.82) is 0 Å². The summed E-state index contributed by atoms with van der Waals surface area (Å²) in [5.41, 5.74) is 12.8. The predicted molar refractivity (Wildman–Crippen MR) is 207 cm³/mol. The summed E-state index contributed by atoms with van der Waals surface area (Å²) in [5, 5.41) is 5.36. The first-order valence-electron chi connectivity index (χ1n) is 17.4. The van der Waals surface area contributed by atoms with E-state index in [0.717, 1.165) is 27.8 Å². The fraction of sp³-hybridized carbons (Fsp3) is 0.0208. The van der Waals surface area contributed by atoms with Gasteiger partial charge in [0.05, 0.1) is 5.41 Å². The van der Waals surface area contributed by atoms with Crippen molar-refractivity contribution >= 4 is 21.5 Å². The fourth-order valence-electron chi connectivity index (χ4n) is 8.75. The highest BCUT2D eigenvalue weighted by molar-refractivity contribution is 6.17. The zero-order chi connectivity index (χ0) is 33.5. The lowest BCUT2D eigenvalue weighted by molar-refractivity contribution is 0.797. The number of benzene rings is 8. The molecule has 1 heterocycles. The topological polar surface area (TPSA) is 38.7 Å². The highest BCUT2D eigenvalue weighted by Crippen LogP contribution is 2.62. The Balaban J connectivity index is 1.08. The standard InChI is InChI=1S/C48H29N3/c1-3-12-32(13-4-1)45-49-46(33-14-5-2-6-15-33)51-47(50-45)36-19-9-18-34(28-36)35-26-27-40-38(29-35)37-20-7-8-21-39(37)48(40)41-22-10-16-30-24-25-31-17-11-23-42(48)44(31)43(30)41/h1-29H. The smallest absolute Gasteiger partial charge is 0.164 e. The Morgan fingerprint density at radius 2 is 0.765 bits per heavy atom. The first-order chi connectivity index (χ1) is 25.3. The Labute approximate surface area is 295 Å². The van der Waals surface area contributed by atoms with Crippen LogP contribution in [0, 0.1) is 0 Å². The molecule has 0 saturated heterocycles. The van der Waals surface area contributed by atoms with Crippen LogP contribution in [0.15, 0.2) is 176 Å². The SMILES string of the molecule is c1ccc(-c2nc(-c3ccccc3)nc(-c3cccc(-c4ccc5c(c4)-c4ccccc4C54c5cccc6ccc7cccc4c7c56)c3)n2)cc1. The van der Waals surface area contributed by atoms with Gasteiger partial charge in [0.1, 0.15) is 0 Å². The highest BCUT2D eigenvalue weighted by Gasteiger charge is 2.50. The second-order valence-corrected chi connectivity index (χ2v) is 13.5. The van der Waals surface area contributed by atoms with Gasteiger partial charge >= 0.3 is 0 Å². The second-order valence-electron chi connectivity index (χ2n) is 13.5. The van der Waals surface area contributed by atoms with Crippen LogP contribution in [0.1, 0.15) is 22.3 Å². The molecule has 1 aromatic heterocycles. The summed E-state index contributed by atoms with van der Waals surface area (Å²) in [5.74, 6) is 1.97. The monoisotopic (exact) mass is 647 g/mol. The van der Waals surface area contributed by atoms with Crippen molar-refractivity contribution in [2.75, 3.05) is 0 Å². The molecule has 0 N–H and O–H groups in total. The van der Waals surface area contributed by atoms with Crippen LogP contribution in [-0.4, -0.2) is 15.0 Å². The molecule has 0 fully saturated rings. The minimum absolute atomic E-state index is 0.360. The molecular weight excluding hydrogens is 619 g/mol. The van der Waals surface area contributed by atoms with Crippen molar-refractivity contribution in [3.05, 3.63) is 198 Å². The maximum atomic E-state index is 5.00. The molecule has 1 spiro atoms. The summed E-state index contributed by atoms with van der Waals surface area (Å²) in [6.07, 6.45) is 0. The third-order valence-electron chi connectivity index (χ3n) is 10.9. The molecule has 2 aliphatic carbocycles. The van der Waals surface area contributed by atoms with Gasteiger partial charge in [0.15, 0.2) is 17.5 Å². The van der Waals surface area contributed by atoms with Gasteiger partial charge in [-0.2, -0.15) is 0 Å². The van der Waals surface area contributed by atoms with E-state index in [0.29, 0.717) is 17.5 Å². The molecular formula is C48H29N3. The van der Waals surface area contributed by atoms with Crippen LogP contribution in [0.3, 0.4) is 0 Å². The lowest BCUT2D eigenvalue weighted by Crippen LogP contribution is -2.26. The quantitative estimate of drug-likeness (QED) is 0.178. The molecule has 3 heteroatoms. The van der Waals surface area contributed by atoms with Crippen molar-refractivity contribution in [1.82, 2.24) is 15.0 Å². The van der Waals surface area contributed by atoms with E-state index in [1.54, 1.807) is 0 Å². The number of hydrogen-bond acceptors (Lipinski definition) is 3. The Hall–Kier alpha value is -6.71. The van der Waals surface area contributed by atoms with Crippen molar-refractivity contribution in [2.45, 2.75) is 5.41 Å². The minimum Gasteiger partial charge on any atom is -0.208 e. The highest BCUT2D eigenvalue weighted by atomic mass is 15.0. The third-order valence-corrected chi connectivity index (χ3v) is 10.9. The van der Waals surface area contributed by atoms with Crippen LogP contribution < -0.4 is 0 Å². The van der Waals surface area contributed by atoms with E-state index in [4.69, 9.17) is 15.0 Å².